The largest absolute Gasteiger partial charge is 0.454 e. The van der Waals surface area contributed by atoms with Crippen LogP contribution in [0.2, 0.25) is 0 Å². The number of hydrogen-bond donors (Lipinski definition) is 1. The van der Waals surface area contributed by atoms with Crippen molar-refractivity contribution in [1.82, 2.24) is 10.2 Å². The maximum atomic E-state index is 12.3. The van der Waals surface area contributed by atoms with Gasteiger partial charge in [0.25, 0.3) is 5.91 Å². The number of thiocarbonyl (C=S) groups is 1. The third kappa shape index (κ3) is 2.70. The summed E-state index contributed by atoms with van der Waals surface area (Å²) in [5.74, 6) is 1.23. The third-order valence-corrected chi connectivity index (χ3v) is 3.51. The van der Waals surface area contributed by atoms with Crippen LogP contribution in [0.15, 0.2) is 23.9 Å². The lowest BCUT2D eigenvalue weighted by molar-refractivity contribution is -0.122. The van der Waals surface area contributed by atoms with E-state index in [0.29, 0.717) is 35.5 Å². The van der Waals surface area contributed by atoms with Crippen molar-refractivity contribution in [1.29, 1.82) is 0 Å². The van der Waals surface area contributed by atoms with Gasteiger partial charge >= 0.3 is 0 Å². The number of nitrogens with one attached hydrogen (secondary N) is 1. The molecule has 7 heteroatoms. The van der Waals surface area contributed by atoms with Gasteiger partial charge in [-0.15, -0.1) is 0 Å². The highest BCUT2D eigenvalue weighted by atomic mass is 32.1. The van der Waals surface area contributed by atoms with E-state index in [-0.39, 0.29) is 12.7 Å². The highest BCUT2D eigenvalue weighted by molar-refractivity contribution is 7.80. The molecule has 0 bridgehead atoms. The van der Waals surface area contributed by atoms with E-state index in [4.69, 9.17) is 26.4 Å². The van der Waals surface area contributed by atoms with E-state index in [0.717, 1.165) is 5.56 Å². The van der Waals surface area contributed by atoms with Crippen LogP contribution in [0.5, 0.6) is 11.5 Å². The molecule has 1 N–H and O–H groups in total. The Labute approximate surface area is 127 Å². The van der Waals surface area contributed by atoms with E-state index < -0.39 is 0 Å². The lowest BCUT2D eigenvalue weighted by Gasteiger charge is -2.12. The van der Waals surface area contributed by atoms with Crippen molar-refractivity contribution < 1.29 is 19.0 Å². The maximum Gasteiger partial charge on any atom is 0.276 e. The Morgan fingerprint density at radius 2 is 2.24 bits per heavy atom. The van der Waals surface area contributed by atoms with Crippen molar-refractivity contribution in [2.24, 2.45) is 0 Å². The zero-order valence-corrected chi connectivity index (χ0v) is 12.2. The minimum absolute atomic E-state index is 0.158. The first-order chi connectivity index (χ1) is 10.2. The smallest absolute Gasteiger partial charge is 0.276 e. The molecule has 2 aliphatic rings. The van der Waals surface area contributed by atoms with E-state index in [1.165, 1.54) is 4.90 Å². The number of carbonyl (C=O) groups excluding carboxylic acids is 1. The predicted octanol–water partition coefficient (Wildman–Crippen LogP) is 1.12. The summed E-state index contributed by atoms with van der Waals surface area (Å²) < 4.78 is 15.5. The summed E-state index contributed by atoms with van der Waals surface area (Å²) in [4.78, 5) is 13.7. The van der Waals surface area contributed by atoms with Gasteiger partial charge in [-0.05, 0) is 36.0 Å². The van der Waals surface area contributed by atoms with Crippen LogP contribution in [-0.4, -0.2) is 43.0 Å². The van der Waals surface area contributed by atoms with Gasteiger partial charge in [-0.1, -0.05) is 6.07 Å². The minimum Gasteiger partial charge on any atom is -0.454 e. The van der Waals surface area contributed by atoms with Gasteiger partial charge in [0.05, 0.1) is 13.2 Å². The monoisotopic (exact) mass is 306 g/mol. The van der Waals surface area contributed by atoms with Crippen molar-refractivity contribution in [3.05, 3.63) is 29.5 Å². The molecule has 21 heavy (non-hydrogen) atoms. The first kappa shape index (κ1) is 13.8. The summed E-state index contributed by atoms with van der Waals surface area (Å²) in [5.41, 5.74) is 1.28. The lowest BCUT2D eigenvalue weighted by Crippen LogP contribution is -2.33. The molecule has 0 aliphatic carbocycles. The number of methoxy groups -OCH3 is 1. The molecule has 0 atom stereocenters. The zero-order valence-electron chi connectivity index (χ0n) is 11.4. The molecule has 6 nitrogen and oxygen atoms in total. The topological polar surface area (TPSA) is 60.0 Å². The summed E-state index contributed by atoms with van der Waals surface area (Å²) in [6.45, 7) is 1.09. The average molecular weight is 306 g/mol. The molecule has 0 spiro atoms. The van der Waals surface area contributed by atoms with Gasteiger partial charge in [-0.2, -0.15) is 0 Å². The molecular formula is C14H14N2O4S. The Morgan fingerprint density at radius 3 is 3.05 bits per heavy atom. The summed E-state index contributed by atoms with van der Waals surface area (Å²) in [5, 5.41) is 3.31. The summed E-state index contributed by atoms with van der Waals surface area (Å²) in [6, 6.07) is 5.50. The van der Waals surface area contributed by atoms with Gasteiger partial charge in [-0.3, -0.25) is 9.69 Å². The highest BCUT2D eigenvalue weighted by Crippen LogP contribution is 2.33. The fraction of sp³-hybridized carbons (Fsp3) is 0.286. The molecule has 1 amide bonds. The zero-order chi connectivity index (χ0) is 14.8. The van der Waals surface area contributed by atoms with Crippen LogP contribution in [0, 0.1) is 0 Å². The van der Waals surface area contributed by atoms with Crippen molar-refractivity contribution in [2.75, 3.05) is 27.1 Å². The summed E-state index contributed by atoms with van der Waals surface area (Å²) in [6.07, 6.45) is 1.74. The number of ether oxygens (including phenoxy) is 3. The number of nitrogens with zero attached hydrogens (tertiary/aromatic N) is 1. The Bertz CT molecular complexity index is 629. The number of amides is 1. The van der Waals surface area contributed by atoms with E-state index in [9.17, 15) is 4.79 Å². The van der Waals surface area contributed by atoms with Crippen LogP contribution < -0.4 is 14.8 Å². The van der Waals surface area contributed by atoms with Gasteiger partial charge in [0.1, 0.15) is 5.70 Å². The predicted molar refractivity (Wildman–Crippen MR) is 79.9 cm³/mol. The van der Waals surface area contributed by atoms with Crippen LogP contribution in [0.25, 0.3) is 6.08 Å². The number of carbonyl (C=O) groups is 1. The maximum absolute atomic E-state index is 12.3. The molecule has 110 valence electrons. The standard InChI is InChI=1S/C14H14N2O4S/c1-18-5-4-16-13(17)10(15-14(16)21)6-9-2-3-11-12(7-9)20-8-19-11/h2-3,6-7H,4-5,8H2,1H3,(H,15,21)/b10-6+. The van der Waals surface area contributed by atoms with E-state index in [2.05, 4.69) is 5.32 Å². The number of rotatable bonds is 4. The molecule has 1 fully saturated rings. The molecule has 0 unspecified atom stereocenters. The van der Waals surface area contributed by atoms with E-state index in [1.54, 1.807) is 13.2 Å². The van der Waals surface area contributed by atoms with Crippen molar-refractivity contribution in [3.63, 3.8) is 0 Å². The van der Waals surface area contributed by atoms with Crippen molar-refractivity contribution in [2.45, 2.75) is 0 Å². The van der Waals surface area contributed by atoms with Crippen molar-refractivity contribution in [3.8, 4) is 11.5 Å². The van der Waals surface area contributed by atoms with Gasteiger partial charge in [0.15, 0.2) is 16.6 Å². The van der Waals surface area contributed by atoms with Gasteiger partial charge in [-0.25, -0.2) is 0 Å². The molecule has 2 aliphatic heterocycles. The van der Waals surface area contributed by atoms with Crippen LogP contribution in [0.3, 0.4) is 0 Å². The number of benzene rings is 1. The molecule has 0 saturated carbocycles. The normalized spacial score (nSPS) is 18.5. The Balaban J connectivity index is 1.80. The first-order valence-electron chi connectivity index (χ1n) is 6.42. The summed E-state index contributed by atoms with van der Waals surface area (Å²) in [7, 11) is 1.58. The van der Waals surface area contributed by atoms with Gasteiger partial charge in [0.2, 0.25) is 6.79 Å². The molecule has 3 rings (SSSR count). The van der Waals surface area contributed by atoms with E-state index in [1.807, 2.05) is 18.2 Å². The SMILES string of the molecule is COCCN1C(=O)/C(=C\c2ccc3c(c2)OCO3)NC1=S. The Kier molecular flexibility index (Phi) is 3.76. The highest BCUT2D eigenvalue weighted by Gasteiger charge is 2.30. The van der Waals surface area contributed by atoms with Gasteiger partial charge < -0.3 is 19.5 Å². The number of hydrogen-bond acceptors (Lipinski definition) is 5. The van der Waals surface area contributed by atoms with Crippen LogP contribution in [0.4, 0.5) is 0 Å². The Morgan fingerprint density at radius 1 is 1.43 bits per heavy atom. The fourth-order valence-corrected chi connectivity index (χ4v) is 2.41. The van der Waals surface area contributed by atoms with Crippen LogP contribution in [0.1, 0.15) is 5.56 Å². The second kappa shape index (κ2) is 5.71. The van der Waals surface area contributed by atoms with Crippen LogP contribution >= 0.6 is 12.2 Å². The molecule has 1 aromatic carbocycles. The first-order valence-corrected chi connectivity index (χ1v) is 6.83. The molecule has 1 aromatic rings. The second-order valence-electron chi connectivity index (χ2n) is 4.55. The summed E-state index contributed by atoms with van der Waals surface area (Å²) >= 11 is 5.16. The fourth-order valence-electron chi connectivity index (χ4n) is 2.13. The molecule has 1 saturated heterocycles. The quantitative estimate of drug-likeness (QED) is 0.664. The molecule has 0 aromatic heterocycles. The second-order valence-corrected chi connectivity index (χ2v) is 4.94. The average Bonchev–Trinajstić information content (AvgIpc) is 3.03. The third-order valence-electron chi connectivity index (χ3n) is 3.19. The van der Waals surface area contributed by atoms with Crippen molar-refractivity contribution >= 4 is 29.3 Å². The Hall–Kier alpha value is -2.12. The van der Waals surface area contributed by atoms with Crippen LogP contribution in [-0.2, 0) is 9.53 Å². The number of fused-ring (bicyclic) bond motifs is 1. The van der Waals surface area contributed by atoms with Gasteiger partial charge in [0, 0.05) is 7.11 Å². The molecule has 0 radical (unpaired) electrons. The molecule has 2 heterocycles. The minimum atomic E-state index is -0.158. The van der Waals surface area contributed by atoms with E-state index >= 15 is 0 Å². The molecular weight excluding hydrogens is 292 g/mol. The lowest BCUT2D eigenvalue weighted by atomic mass is 10.1.